The fourth-order valence-electron chi connectivity index (χ4n) is 5.24. The molecule has 1 unspecified atom stereocenters. The molecule has 0 bridgehead atoms. The number of ether oxygens (including phenoxy) is 1. The number of hydrogen-bond donors (Lipinski definition) is 6. The molecule has 2 rings (SSSR count). The zero-order valence-electron chi connectivity index (χ0n) is 26.7. The third-order valence-electron chi connectivity index (χ3n) is 7.79. The molecule has 0 saturated heterocycles. The number of thioether (sulfide) groups is 1. The second-order valence-electron chi connectivity index (χ2n) is 11.7. The highest BCUT2D eigenvalue weighted by atomic mass is 32.2. The minimum atomic E-state index is -1.15. The average molecular weight is 684 g/mol. The molecular weight excluding hydrogens is 635 g/mol. The number of anilines is 1. The highest BCUT2D eigenvalue weighted by molar-refractivity contribution is 8.14. The molecule has 0 aromatic heterocycles. The van der Waals surface area contributed by atoms with Crippen LogP contribution >= 0.6 is 24.0 Å². The first-order valence-electron chi connectivity index (χ1n) is 15.6. The topological polar surface area (TPSA) is 195 Å². The van der Waals surface area contributed by atoms with Crippen molar-refractivity contribution in [1.82, 2.24) is 15.1 Å². The van der Waals surface area contributed by atoms with Crippen LogP contribution in [0.2, 0.25) is 0 Å². The number of nitrogens with zero attached hydrogens (tertiary/aromatic N) is 2. The van der Waals surface area contributed by atoms with Gasteiger partial charge in [0.25, 0.3) is 0 Å². The Morgan fingerprint density at radius 1 is 0.978 bits per heavy atom. The summed E-state index contributed by atoms with van der Waals surface area (Å²) in [6.45, 7) is 3.99. The number of carboxylic acid groups (broad SMARTS) is 3. The van der Waals surface area contributed by atoms with Crippen LogP contribution in [-0.4, -0.2) is 123 Å². The van der Waals surface area contributed by atoms with Gasteiger partial charge in [0.1, 0.15) is 0 Å². The van der Waals surface area contributed by atoms with Crippen molar-refractivity contribution in [3.8, 4) is 0 Å². The fraction of sp³-hybridized carbons (Fsp3) is 0.645. The van der Waals surface area contributed by atoms with Gasteiger partial charge in [0, 0.05) is 48.6 Å². The van der Waals surface area contributed by atoms with Crippen LogP contribution in [0, 0.1) is 0 Å². The first-order valence-corrected chi connectivity index (χ1v) is 16.9. The standard InChI is InChI=1S/C31H49N5O8S2/c1-21(32)22(2)46-30(43)12-14-44-15-13-33-31(45)34-24-10-8-23(9-11-24)16-26(36(19-28(39)40)20-29(41)42)17-35(18-27(37)38)25-6-4-3-5-7-25/h8-11,21-22,25-26H,3-7,12-20,32H2,1-2H3,(H,37,38)(H,39,40)(H,41,42)(H2,33,34,45)/t21?,22-,26-/m0/s1. The second kappa shape index (κ2) is 21.1. The molecule has 15 heteroatoms. The molecule has 13 nitrogen and oxygen atoms in total. The van der Waals surface area contributed by atoms with Crippen molar-refractivity contribution in [2.75, 3.05) is 51.3 Å². The summed E-state index contributed by atoms with van der Waals surface area (Å²) in [6, 6.07) is 6.78. The first-order chi connectivity index (χ1) is 21.8. The van der Waals surface area contributed by atoms with Crippen molar-refractivity contribution in [2.24, 2.45) is 5.73 Å². The summed E-state index contributed by atoms with van der Waals surface area (Å²) in [5.74, 6) is -3.28. The van der Waals surface area contributed by atoms with Gasteiger partial charge >= 0.3 is 17.9 Å². The van der Waals surface area contributed by atoms with Gasteiger partial charge in [-0.25, -0.2) is 0 Å². The number of thiocarbonyl (C=S) groups is 1. The Balaban J connectivity index is 1.96. The van der Waals surface area contributed by atoms with E-state index in [0.717, 1.165) is 37.7 Å². The Morgan fingerprint density at radius 3 is 2.15 bits per heavy atom. The number of hydrogen-bond acceptors (Lipinski definition) is 10. The normalized spacial score (nSPS) is 15.7. The van der Waals surface area contributed by atoms with Gasteiger partial charge in [0.2, 0.25) is 0 Å². The highest BCUT2D eigenvalue weighted by Gasteiger charge is 2.30. The van der Waals surface area contributed by atoms with Crippen LogP contribution in [0.1, 0.15) is 57.9 Å². The van der Waals surface area contributed by atoms with Crippen LogP contribution in [0.15, 0.2) is 24.3 Å². The van der Waals surface area contributed by atoms with Crippen molar-refractivity contribution >= 4 is 57.8 Å². The van der Waals surface area contributed by atoms with Gasteiger partial charge in [0.15, 0.2) is 10.2 Å². The Labute approximate surface area is 280 Å². The van der Waals surface area contributed by atoms with Crippen molar-refractivity contribution < 1.29 is 39.2 Å². The Kier molecular flexibility index (Phi) is 18.1. The van der Waals surface area contributed by atoms with Gasteiger partial charge in [-0.15, -0.1) is 0 Å². The maximum atomic E-state index is 12.0. The molecule has 1 fully saturated rings. The molecule has 0 spiro atoms. The van der Waals surface area contributed by atoms with E-state index >= 15 is 0 Å². The molecule has 3 atom stereocenters. The predicted octanol–water partition coefficient (Wildman–Crippen LogP) is 2.48. The minimum Gasteiger partial charge on any atom is -0.480 e. The monoisotopic (exact) mass is 683 g/mol. The summed E-state index contributed by atoms with van der Waals surface area (Å²) in [6.07, 6.45) is 5.42. The molecule has 1 aliphatic carbocycles. The van der Waals surface area contributed by atoms with Crippen LogP contribution in [0.4, 0.5) is 5.69 Å². The Bertz CT molecular complexity index is 1120. The molecular formula is C31H49N5O8S2. The minimum absolute atomic E-state index is 0.0444. The van der Waals surface area contributed by atoms with Crippen LogP contribution < -0.4 is 16.4 Å². The van der Waals surface area contributed by atoms with E-state index in [1.807, 2.05) is 43.0 Å². The maximum Gasteiger partial charge on any atom is 0.317 e. The van der Waals surface area contributed by atoms with E-state index in [-0.39, 0.29) is 35.5 Å². The maximum absolute atomic E-state index is 12.0. The largest absolute Gasteiger partial charge is 0.480 e. The number of carbonyl (C=O) groups is 4. The number of aliphatic carboxylic acids is 3. The summed E-state index contributed by atoms with van der Waals surface area (Å²) in [7, 11) is 0. The predicted molar refractivity (Wildman–Crippen MR) is 182 cm³/mol. The molecule has 0 aliphatic heterocycles. The van der Waals surface area contributed by atoms with E-state index in [1.54, 1.807) is 0 Å². The van der Waals surface area contributed by atoms with Crippen molar-refractivity contribution in [3.05, 3.63) is 29.8 Å². The lowest BCUT2D eigenvalue weighted by atomic mass is 9.93. The lowest BCUT2D eigenvalue weighted by molar-refractivity contribution is -0.145. The molecule has 0 amide bonds. The van der Waals surface area contributed by atoms with Gasteiger partial charge < -0.3 is 36.4 Å². The van der Waals surface area contributed by atoms with Gasteiger partial charge in [-0.1, -0.05) is 50.1 Å². The molecule has 1 saturated carbocycles. The van der Waals surface area contributed by atoms with Crippen LogP contribution in [0.3, 0.4) is 0 Å². The van der Waals surface area contributed by atoms with Crippen LogP contribution in [0.5, 0.6) is 0 Å². The molecule has 1 aromatic carbocycles. The molecule has 0 heterocycles. The zero-order valence-corrected chi connectivity index (χ0v) is 28.3. The van der Waals surface area contributed by atoms with E-state index in [9.17, 15) is 34.5 Å². The fourth-order valence-corrected chi connectivity index (χ4v) is 6.29. The number of benzene rings is 1. The van der Waals surface area contributed by atoms with Gasteiger partial charge in [-0.05, 0) is 56.1 Å². The van der Waals surface area contributed by atoms with Gasteiger partial charge in [-0.2, -0.15) is 0 Å². The van der Waals surface area contributed by atoms with Crippen molar-refractivity contribution in [1.29, 1.82) is 0 Å². The zero-order chi connectivity index (χ0) is 34.1. The SMILES string of the molecule is CC(N)[C@H](C)SC(=O)CCOCCNC(=S)Nc1ccc(C[C@@H](CN(CC(=O)O)C2CCCCC2)N(CC(=O)O)CC(=O)O)cc1. The van der Waals surface area contributed by atoms with E-state index in [0.29, 0.717) is 43.4 Å². The summed E-state index contributed by atoms with van der Waals surface area (Å²) < 4.78 is 5.53. The smallest absolute Gasteiger partial charge is 0.317 e. The average Bonchev–Trinajstić information content (AvgIpc) is 2.98. The van der Waals surface area contributed by atoms with E-state index < -0.39 is 37.0 Å². The van der Waals surface area contributed by atoms with Crippen molar-refractivity contribution in [2.45, 2.75) is 82.2 Å². The van der Waals surface area contributed by atoms with Crippen LogP contribution in [0.25, 0.3) is 0 Å². The molecule has 7 N–H and O–H groups in total. The highest BCUT2D eigenvalue weighted by Crippen LogP contribution is 2.24. The number of carboxylic acids is 3. The lowest BCUT2D eigenvalue weighted by Crippen LogP contribution is -2.52. The van der Waals surface area contributed by atoms with Crippen LogP contribution in [-0.2, 0) is 30.3 Å². The van der Waals surface area contributed by atoms with E-state index in [1.165, 1.54) is 16.7 Å². The molecule has 0 radical (unpaired) electrons. The molecule has 1 aromatic rings. The van der Waals surface area contributed by atoms with E-state index in [4.69, 9.17) is 22.7 Å². The summed E-state index contributed by atoms with van der Waals surface area (Å²) in [5, 5.41) is 35.3. The number of carbonyl (C=O) groups excluding carboxylic acids is 1. The Morgan fingerprint density at radius 2 is 1.59 bits per heavy atom. The number of rotatable bonds is 21. The Hall–Kier alpha value is -2.82. The summed E-state index contributed by atoms with van der Waals surface area (Å²) >= 11 is 6.60. The molecule has 1 aliphatic rings. The van der Waals surface area contributed by atoms with E-state index in [2.05, 4.69) is 10.6 Å². The first kappa shape index (κ1) is 39.4. The third kappa shape index (κ3) is 16.1. The third-order valence-corrected chi connectivity index (χ3v) is 9.31. The molecule has 46 heavy (non-hydrogen) atoms. The van der Waals surface area contributed by atoms with Gasteiger partial charge in [0.05, 0.1) is 32.8 Å². The van der Waals surface area contributed by atoms with Gasteiger partial charge in [-0.3, -0.25) is 29.0 Å². The molecule has 258 valence electrons. The number of nitrogens with one attached hydrogen (secondary N) is 2. The second-order valence-corrected chi connectivity index (χ2v) is 13.5. The summed E-state index contributed by atoms with van der Waals surface area (Å²) in [4.78, 5) is 50.3. The van der Waals surface area contributed by atoms with Crippen molar-refractivity contribution in [3.63, 3.8) is 0 Å². The quantitative estimate of drug-likeness (QED) is 0.0817. The lowest BCUT2D eigenvalue weighted by Gasteiger charge is -2.38. The summed E-state index contributed by atoms with van der Waals surface area (Å²) in [5.41, 5.74) is 7.35. The number of nitrogens with two attached hydrogens (primary N) is 1.